The van der Waals surface area contributed by atoms with Crippen LogP contribution >= 0.6 is 23.4 Å². The summed E-state index contributed by atoms with van der Waals surface area (Å²) in [5, 5.41) is 12.1. The van der Waals surface area contributed by atoms with Crippen molar-refractivity contribution in [2.75, 3.05) is 12.3 Å². The normalized spacial score (nSPS) is 11.9. The highest BCUT2D eigenvalue weighted by Crippen LogP contribution is 2.16. The van der Waals surface area contributed by atoms with Gasteiger partial charge in [-0.25, -0.2) is 0 Å². The largest absolute Gasteiger partial charge is 0.481 e. The van der Waals surface area contributed by atoms with Crippen LogP contribution in [0.3, 0.4) is 0 Å². The molecule has 1 atom stereocenters. The van der Waals surface area contributed by atoms with Gasteiger partial charge in [-0.3, -0.25) is 9.59 Å². The lowest BCUT2D eigenvalue weighted by Crippen LogP contribution is -2.29. The lowest BCUT2D eigenvalue weighted by atomic mass is 10.1. The first kappa shape index (κ1) is 17.9. The third-order valence-electron chi connectivity index (χ3n) is 2.89. The molecule has 116 valence electrons. The Morgan fingerprint density at radius 1 is 1.43 bits per heavy atom. The molecule has 0 aliphatic carbocycles. The number of nitrogens with one attached hydrogen (secondary N) is 1. The van der Waals surface area contributed by atoms with Crippen molar-refractivity contribution in [2.24, 2.45) is 5.92 Å². The lowest BCUT2D eigenvalue weighted by Gasteiger charge is -2.11. The zero-order valence-corrected chi connectivity index (χ0v) is 13.5. The van der Waals surface area contributed by atoms with Crippen LogP contribution in [0.1, 0.15) is 25.3 Å². The Bertz CT molecular complexity index is 482. The summed E-state index contributed by atoms with van der Waals surface area (Å²) in [5.41, 5.74) is 1.09. The van der Waals surface area contributed by atoms with Gasteiger partial charge in [-0.2, -0.15) is 0 Å². The Kier molecular flexibility index (Phi) is 8.23. The number of halogens is 1. The second kappa shape index (κ2) is 9.68. The van der Waals surface area contributed by atoms with E-state index in [1.54, 1.807) is 0 Å². The summed E-state index contributed by atoms with van der Waals surface area (Å²) in [6, 6.07) is 7.58. The first-order valence-electron chi connectivity index (χ1n) is 6.78. The van der Waals surface area contributed by atoms with Gasteiger partial charge in [0.2, 0.25) is 5.91 Å². The molecule has 0 radical (unpaired) electrons. The number of aliphatic carboxylic acids is 1. The fraction of sp³-hybridized carbons (Fsp3) is 0.467. The highest BCUT2D eigenvalue weighted by molar-refractivity contribution is 7.99. The number of carbonyl (C=O) groups excluding carboxylic acids is 1. The molecular formula is C15H20ClNO3S. The fourth-order valence-corrected chi connectivity index (χ4v) is 2.72. The van der Waals surface area contributed by atoms with Crippen molar-refractivity contribution < 1.29 is 14.7 Å². The second-order valence-corrected chi connectivity index (χ2v) is 6.39. The summed E-state index contributed by atoms with van der Waals surface area (Å²) in [7, 11) is 0. The van der Waals surface area contributed by atoms with Crippen molar-refractivity contribution in [3.63, 3.8) is 0 Å². The zero-order valence-electron chi connectivity index (χ0n) is 12.0. The molecule has 0 aliphatic heterocycles. The van der Waals surface area contributed by atoms with Gasteiger partial charge >= 0.3 is 5.97 Å². The lowest BCUT2D eigenvalue weighted by molar-refractivity contribution is -0.137. The van der Waals surface area contributed by atoms with Crippen molar-refractivity contribution in [1.82, 2.24) is 5.32 Å². The molecule has 21 heavy (non-hydrogen) atoms. The Labute approximate surface area is 134 Å². The zero-order chi connectivity index (χ0) is 15.7. The van der Waals surface area contributed by atoms with Crippen molar-refractivity contribution in [1.29, 1.82) is 0 Å². The predicted octanol–water partition coefficient (Wildman–Crippen LogP) is 3.19. The molecule has 6 heteroatoms. The van der Waals surface area contributed by atoms with E-state index in [4.69, 9.17) is 16.7 Å². The molecule has 0 spiro atoms. The number of carboxylic acids is 1. The minimum Gasteiger partial charge on any atom is -0.481 e. The molecule has 0 saturated heterocycles. The standard InChI is InChI=1S/C15H20ClNO3S/c1-11(5-6-15(19)20)8-17-14(18)10-21-9-12-3-2-4-13(16)7-12/h2-4,7,11H,5-6,8-10H2,1H3,(H,17,18)(H,19,20). The van der Waals surface area contributed by atoms with Crippen LogP contribution in [0.2, 0.25) is 5.02 Å². The highest BCUT2D eigenvalue weighted by atomic mass is 35.5. The average molecular weight is 330 g/mol. The number of carbonyl (C=O) groups is 2. The number of rotatable bonds is 9. The third-order valence-corrected chi connectivity index (χ3v) is 4.13. The summed E-state index contributed by atoms with van der Waals surface area (Å²) < 4.78 is 0. The molecule has 0 heterocycles. The first-order chi connectivity index (χ1) is 9.97. The van der Waals surface area contributed by atoms with Crippen LogP contribution in [-0.4, -0.2) is 29.3 Å². The molecule has 1 amide bonds. The van der Waals surface area contributed by atoms with Crippen LogP contribution in [0.5, 0.6) is 0 Å². The van der Waals surface area contributed by atoms with E-state index < -0.39 is 5.97 Å². The molecule has 2 N–H and O–H groups in total. The maximum absolute atomic E-state index is 11.7. The van der Waals surface area contributed by atoms with Gasteiger partial charge in [0.05, 0.1) is 5.75 Å². The maximum atomic E-state index is 11.7. The summed E-state index contributed by atoms with van der Waals surface area (Å²) in [4.78, 5) is 22.1. The minimum atomic E-state index is -0.801. The van der Waals surface area contributed by atoms with E-state index in [1.165, 1.54) is 11.8 Å². The van der Waals surface area contributed by atoms with Crippen molar-refractivity contribution in [3.05, 3.63) is 34.9 Å². The average Bonchev–Trinajstić information content (AvgIpc) is 2.43. The predicted molar refractivity (Wildman–Crippen MR) is 86.7 cm³/mol. The van der Waals surface area contributed by atoms with Gasteiger partial charge in [-0.05, 0) is 30.0 Å². The molecule has 1 aromatic rings. The van der Waals surface area contributed by atoms with E-state index in [0.717, 1.165) is 11.3 Å². The Morgan fingerprint density at radius 2 is 2.19 bits per heavy atom. The van der Waals surface area contributed by atoms with E-state index in [1.807, 2.05) is 31.2 Å². The second-order valence-electron chi connectivity index (χ2n) is 4.96. The molecule has 1 aromatic carbocycles. The van der Waals surface area contributed by atoms with Crippen LogP contribution in [0, 0.1) is 5.92 Å². The fourth-order valence-electron chi connectivity index (χ4n) is 1.70. The number of hydrogen-bond acceptors (Lipinski definition) is 3. The highest BCUT2D eigenvalue weighted by Gasteiger charge is 2.08. The van der Waals surface area contributed by atoms with Crippen LogP contribution in [-0.2, 0) is 15.3 Å². The minimum absolute atomic E-state index is 0.0239. The Morgan fingerprint density at radius 3 is 2.86 bits per heavy atom. The van der Waals surface area contributed by atoms with Gasteiger partial charge in [0.25, 0.3) is 0 Å². The monoisotopic (exact) mass is 329 g/mol. The van der Waals surface area contributed by atoms with Crippen LogP contribution in [0.4, 0.5) is 0 Å². The summed E-state index contributed by atoms with van der Waals surface area (Å²) >= 11 is 7.42. The van der Waals surface area contributed by atoms with Gasteiger partial charge in [-0.1, -0.05) is 30.7 Å². The SMILES string of the molecule is CC(CCC(=O)O)CNC(=O)CSCc1cccc(Cl)c1. The Hall–Kier alpha value is -1.20. The number of benzene rings is 1. The van der Waals surface area contributed by atoms with E-state index in [0.29, 0.717) is 23.7 Å². The molecule has 1 rings (SSSR count). The van der Waals surface area contributed by atoms with E-state index in [9.17, 15) is 9.59 Å². The number of hydrogen-bond donors (Lipinski definition) is 2. The smallest absolute Gasteiger partial charge is 0.303 e. The van der Waals surface area contributed by atoms with Crippen molar-refractivity contribution in [2.45, 2.75) is 25.5 Å². The first-order valence-corrected chi connectivity index (χ1v) is 8.31. The molecule has 0 aliphatic rings. The molecule has 0 aromatic heterocycles. The van der Waals surface area contributed by atoms with Crippen molar-refractivity contribution >= 4 is 35.2 Å². The van der Waals surface area contributed by atoms with Crippen LogP contribution in [0.25, 0.3) is 0 Å². The quantitative estimate of drug-likeness (QED) is 0.730. The van der Waals surface area contributed by atoms with E-state index >= 15 is 0 Å². The van der Waals surface area contributed by atoms with E-state index in [-0.39, 0.29) is 18.2 Å². The van der Waals surface area contributed by atoms with Crippen LogP contribution < -0.4 is 5.32 Å². The number of amides is 1. The molecule has 1 unspecified atom stereocenters. The van der Waals surface area contributed by atoms with Gasteiger partial charge in [0, 0.05) is 23.7 Å². The summed E-state index contributed by atoms with van der Waals surface area (Å²) in [6.45, 7) is 2.45. The molecule has 0 bridgehead atoms. The van der Waals surface area contributed by atoms with Gasteiger partial charge in [0.15, 0.2) is 0 Å². The number of carboxylic acid groups (broad SMARTS) is 1. The van der Waals surface area contributed by atoms with Gasteiger partial charge in [0.1, 0.15) is 0 Å². The third kappa shape index (κ3) is 8.63. The van der Waals surface area contributed by atoms with E-state index in [2.05, 4.69) is 5.32 Å². The molecule has 0 saturated carbocycles. The molecule has 4 nitrogen and oxygen atoms in total. The number of thioether (sulfide) groups is 1. The maximum Gasteiger partial charge on any atom is 0.303 e. The van der Waals surface area contributed by atoms with Gasteiger partial charge in [-0.15, -0.1) is 11.8 Å². The molecular weight excluding hydrogens is 310 g/mol. The Balaban J connectivity index is 2.15. The summed E-state index contributed by atoms with van der Waals surface area (Å²) in [6.07, 6.45) is 0.714. The summed E-state index contributed by atoms with van der Waals surface area (Å²) in [5.74, 6) is 0.471. The molecule has 0 fully saturated rings. The topological polar surface area (TPSA) is 66.4 Å². The van der Waals surface area contributed by atoms with Crippen LogP contribution in [0.15, 0.2) is 24.3 Å². The van der Waals surface area contributed by atoms with Crippen molar-refractivity contribution in [3.8, 4) is 0 Å². The van der Waals surface area contributed by atoms with Gasteiger partial charge < -0.3 is 10.4 Å².